The zero-order valence-electron chi connectivity index (χ0n) is 16.8. The number of fused-ring (bicyclic) bond motifs is 1. The molecule has 8 heteroatoms. The third kappa shape index (κ3) is 4.36. The summed E-state index contributed by atoms with van der Waals surface area (Å²) < 4.78 is 7.09. The van der Waals surface area contributed by atoms with E-state index in [1.54, 1.807) is 7.11 Å². The molecule has 0 radical (unpaired) electrons. The van der Waals surface area contributed by atoms with Crippen LogP contribution >= 0.6 is 11.6 Å². The van der Waals surface area contributed by atoms with Crippen molar-refractivity contribution in [3.8, 4) is 5.75 Å². The zero-order chi connectivity index (χ0) is 20.1. The van der Waals surface area contributed by atoms with Crippen molar-refractivity contribution < 1.29 is 4.74 Å². The van der Waals surface area contributed by atoms with E-state index >= 15 is 0 Å². The smallest absolute Gasteiger partial charge is 0.156 e. The number of aryl methyl sites for hydroxylation is 2. The van der Waals surface area contributed by atoms with Crippen LogP contribution in [-0.2, 0) is 26.6 Å². The Hall–Kier alpha value is -2.38. The molecular weight excluding hydrogens is 376 g/mol. The summed E-state index contributed by atoms with van der Waals surface area (Å²) in [6.07, 6.45) is 1.91. The average Bonchev–Trinajstić information content (AvgIpc) is 3.00. The Morgan fingerprint density at radius 3 is 2.68 bits per heavy atom. The second kappa shape index (κ2) is 9.21. The van der Waals surface area contributed by atoms with Crippen molar-refractivity contribution in [2.24, 2.45) is 7.05 Å². The molecule has 3 aromatic rings. The number of nitrogens with zero attached hydrogens (tertiary/aromatic N) is 4. The first-order valence-corrected chi connectivity index (χ1v) is 9.94. The molecule has 0 saturated carbocycles. The number of benzene rings is 1. The van der Waals surface area contributed by atoms with Gasteiger partial charge in [-0.1, -0.05) is 37.9 Å². The second-order valence-electron chi connectivity index (χ2n) is 6.61. The predicted molar refractivity (Wildman–Crippen MR) is 113 cm³/mol. The van der Waals surface area contributed by atoms with E-state index in [9.17, 15) is 0 Å². The SMILES string of the molecule is CCCc1nn(C)c2c(NCc3ccc(OC)c(Cl)c3)nc(CNCC)nc12. The van der Waals surface area contributed by atoms with Gasteiger partial charge in [0.1, 0.15) is 22.6 Å². The van der Waals surface area contributed by atoms with Gasteiger partial charge < -0.3 is 15.4 Å². The standard InChI is InChI=1S/C20H27ClN6O/c1-5-7-15-18-19(27(3)26-15)20(25-17(24-18)12-22-6-2)23-11-13-8-9-16(28-4)14(21)10-13/h8-10,22H,5-7,11-12H2,1-4H3,(H,23,24,25). The highest BCUT2D eigenvalue weighted by atomic mass is 35.5. The van der Waals surface area contributed by atoms with Crippen molar-refractivity contribution in [1.29, 1.82) is 0 Å². The fourth-order valence-corrected chi connectivity index (χ4v) is 3.42. The van der Waals surface area contributed by atoms with Crippen LogP contribution in [0.25, 0.3) is 11.0 Å². The third-order valence-corrected chi connectivity index (χ3v) is 4.79. The molecule has 0 bridgehead atoms. The van der Waals surface area contributed by atoms with Crippen molar-refractivity contribution >= 4 is 28.5 Å². The van der Waals surface area contributed by atoms with Crippen LogP contribution in [0.3, 0.4) is 0 Å². The van der Waals surface area contributed by atoms with E-state index in [2.05, 4.69) is 29.6 Å². The first-order chi connectivity index (χ1) is 13.6. The maximum Gasteiger partial charge on any atom is 0.156 e. The molecule has 2 N–H and O–H groups in total. The molecule has 0 unspecified atom stereocenters. The summed E-state index contributed by atoms with van der Waals surface area (Å²) in [6, 6.07) is 5.76. The Labute approximate surface area is 170 Å². The van der Waals surface area contributed by atoms with E-state index < -0.39 is 0 Å². The van der Waals surface area contributed by atoms with E-state index in [-0.39, 0.29) is 0 Å². The first kappa shape index (κ1) is 20.4. The molecular formula is C20H27ClN6O. The summed E-state index contributed by atoms with van der Waals surface area (Å²) in [6.45, 7) is 6.29. The van der Waals surface area contributed by atoms with Gasteiger partial charge in [0.05, 0.1) is 24.4 Å². The fraction of sp³-hybridized carbons (Fsp3) is 0.450. The summed E-state index contributed by atoms with van der Waals surface area (Å²) >= 11 is 6.25. The number of nitrogens with one attached hydrogen (secondary N) is 2. The van der Waals surface area contributed by atoms with Crippen LogP contribution in [0.15, 0.2) is 18.2 Å². The molecule has 0 aliphatic carbocycles. The highest BCUT2D eigenvalue weighted by Gasteiger charge is 2.17. The lowest BCUT2D eigenvalue weighted by Gasteiger charge is -2.11. The van der Waals surface area contributed by atoms with Gasteiger partial charge in [-0.2, -0.15) is 5.10 Å². The van der Waals surface area contributed by atoms with E-state index in [0.717, 1.165) is 53.3 Å². The van der Waals surface area contributed by atoms with E-state index in [1.807, 2.05) is 29.9 Å². The largest absolute Gasteiger partial charge is 0.495 e. The van der Waals surface area contributed by atoms with Crippen LogP contribution in [-0.4, -0.2) is 33.4 Å². The Kier molecular flexibility index (Phi) is 6.70. The summed E-state index contributed by atoms with van der Waals surface area (Å²) in [5.41, 5.74) is 3.89. The quantitative estimate of drug-likeness (QED) is 0.568. The monoisotopic (exact) mass is 402 g/mol. The summed E-state index contributed by atoms with van der Waals surface area (Å²) in [5, 5.41) is 12.0. The minimum Gasteiger partial charge on any atom is -0.495 e. The predicted octanol–water partition coefficient (Wildman–Crippen LogP) is 3.70. The lowest BCUT2D eigenvalue weighted by Crippen LogP contribution is -2.16. The van der Waals surface area contributed by atoms with E-state index in [4.69, 9.17) is 26.3 Å². The molecule has 0 amide bonds. The van der Waals surface area contributed by atoms with E-state index in [1.165, 1.54) is 0 Å². The van der Waals surface area contributed by atoms with Crippen molar-refractivity contribution in [3.63, 3.8) is 0 Å². The van der Waals surface area contributed by atoms with Crippen LogP contribution in [0.2, 0.25) is 5.02 Å². The van der Waals surface area contributed by atoms with Gasteiger partial charge in [-0.25, -0.2) is 9.97 Å². The zero-order valence-corrected chi connectivity index (χ0v) is 17.6. The Morgan fingerprint density at radius 2 is 2.00 bits per heavy atom. The molecule has 3 rings (SSSR count). The molecule has 0 fully saturated rings. The molecule has 28 heavy (non-hydrogen) atoms. The molecule has 0 aliphatic rings. The first-order valence-electron chi connectivity index (χ1n) is 9.56. The molecule has 0 spiro atoms. The fourth-order valence-electron chi connectivity index (χ4n) is 3.14. The van der Waals surface area contributed by atoms with Crippen molar-refractivity contribution in [1.82, 2.24) is 25.1 Å². The number of aromatic nitrogens is 4. The number of methoxy groups -OCH3 is 1. The van der Waals surface area contributed by atoms with E-state index in [0.29, 0.717) is 23.9 Å². The minimum absolute atomic E-state index is 0.588. The Balaban J connectivity index is 1.94. The number of anilines is 1. The Morgan fingerprint density at radius 1 is 1.18 bits per heavy atom. The lowest BCUT2D eigenvalue weighted by molar-refractivity contribution is 0.415. The number of halogens is 1. The van der Waals surface area contributed by atoms with Crippen LogP contribution in [0.5, 0.6) is 5.75 Å². The molecule has 7 nitrogen and oxygen atoms in total. The molecule has 0 atom stereocenters. The average molecular weight is 403 g/mol. The van der Waals surface area contributed by atoms with Gasteiger partial charge in [-0.15, -0.1) is 0 Å². The highest BCUT2D eigenvalue weighted by molar-refractivity contribution is 6.32. The van der Waals surface area contributed by atoms with Crippen molar-refractivity contribution in [2.75, 3.05) is 19.0 Å². The minimum atomic E-state index is 0.588. The topological polar surface area (TPSA) is 76.9 Å². The normalized spacial score (nSPS) is 11.2. The molecule has 2 heterocycles. The molecule has 0 aliphatic heterocycles. The number of hydrogen-bond acceptors (Lipinski definition) is 6. The lowest BCUT2D eigenvalue weighted by atomic mass is 10.2. The summed E-state index contributed by atoms with van der Waals surface area (Å²) in [7, 11) is 3.54. The summed E-state index contributed by atoms with van der Waals surface area (Å²) in [4.78, 5) is 9.51. The van der Waals surface area contributed by atoms with Gasteiger partial charge in [0.25, 0.3) is 0 Å². The van der Waals surface area contributed by atoms with Crippen LogP contribution in [0, 0.1) is 0 Å². The molecule has 1 aromatic carbocycles. The third-order valence-electron chi connectivity index (χ3n) is 4.49. The van der Waals surface area contributed by atoms with Gasteiger partial charge in [-0.3, -0.25) is 4.68 Å². The number of ether oxygens (including phenoxy) is 1. The van der Waals surface area contributed by atoms with Crippen LogP contribution < -0.4 is 15.4 Å². The molecule has 2 aromatic heterocycles. The molecule has 0 saturated heterocycles. The summed E-state index contributed by atoms with van der Waals surface area (Å²) in [5.74, 6) is 2.20. The van der Waals surface area contributed by atoms with Gasteiger partial charge >= 0.3 is 0 Å². The Bertz CT molecular complexity index is 956. The number of hydrogen-bond donors (Lipinski definition) is 2. The van der Waals surface area contributed by atoms with Crippen molar-refractivity contribution in [2.45, 2.75) is 39.8 Å². The van der Waals surface area contributed by atoms with Gasteiger partial charge in [0.2, 0.25) is 0 Å². The number of rotatable bonds is 9. The molecule has 150 valence electrons. The highest BCUT2D eigenvalue weighted by Crippen LogP contribution is 2.27. The second-order valence-corrected chi connectivity index (χ2v) is 7.02. The van der Waals surface area contributed by atoms with Gasteiger partial charge in [0, 0.05) is 13.6 Å². The van der Waals surface area contributed by atoms with Gasteiger partial charge in [-0.05, 0) is 30.7 Å². The van der Waals surface area contributed by atoms with Gasteiger partial charge in [0.15, 0.2) is 5.82 Å². The maximum atomic E-state index is 6.25. The van der Waals surface area contributed by atoms with Crippen LogP contribution in [0.4, 0.5) is 5.82 Å². The van der Waals surface area contributed by atoms with Crippen LogP contribution in [0.1, 0.15) is 37.4 Å². The maximum absolute atomic E-state index is 6.25. The van der Waals surface area contributed by atoms with Crippen molar-refractivity contribution in [3.05, 3.63) is 40.3 Å².